The van der Waals surface area contributed by atoms with Crippen molar-refractivity contribution in [2.24, 2.45) is 5.92 Å². The zero-order valence-electron chi connectivity index (χ0n) is 12.6. The molecule has 5 nitrogen and oxygen atoms in total. The van der Waals surface area contributed by atoms with Crippen LogP contribution in [0.5, 0.6) is 0 Å². The number of nitriles is 1. The van der Waals surface area contributed by atoms with Gasteiger partial charge in [-0.3, -0.25) is 4.79 Å². The van der Waals surface area contributed by atoms with E-state index in [1.165, 1.54) is 0 Å². The number of amides is 1. The molecule has 2 heterocycles. The first-order chi connectivity index (χ1) is 10.8. The largest absolute Gasteiger partial charge is 0.352 e. The Bertz CT molecular complexity index is 611. The molecule has 1 aromatic rings. The van der Waals surface area contributed by atoms with Gasteiger partial charge >= 0.3 is 0 Å². The van der Waals surface area contributed by atoms with Crippen LogP contribution in [0.3, 0.4) is 0 Å². The van der Waals surface area contributed by atoms with Crippen molar-refractivity contribution in [2.75, 3.05) is 31.1 Å². The quantitative estimate of drug-likeness (QED) is 0.783. The predicted octanol–water partition coefficient (Wildman–Crippen LogP) is 1.96. The molecule has 22 heavy (non-hydrogen) atoms. The highest BCUT2D eigenvalue weighted by Gasteiger charge is 2.28. The monoisotopic (exact) mass is 296 g/mol. The number of carbonyl (C=O) groups is 1. The maximum Gasteiger partial charge on any atom is 0.226 e. The van der Waals surface area contributed by atoms with Crippen LogP contribution in [0.2, 0.25) is 0 Å². The van der Waals surface area contributed by atoms with Gasteiger partial charge in [0.05, 0.1) is 5.56 Å². The van der Waals surface area contributed by atoms with Gasteiger partial charge < -0.3 is 9.80 Å². The first kappa shape index (κ1) is 14.6. The lowest BCUT2D eigenvalue weighted by Gasteiger charge is -2.37. The van der Waals surface area contributed by atoms with Crippen molar-refractivity contribution < 1.29 is 4.79 Å². The van der Waals surface area contributed by atoms with Crippen LogP contribution < -0.4 is 4.90 Å². The molecule has 3 rings (SSSR count). The van der Waals surface area contributed by atoms with Gasteiger partial charge in [-0.05, 0) is 31.4 Å². The highest BCUT2D eigenvalue weighted by molar-refractivity contribution is 5.79. The minimum atomic E-state index is 0.154. The number of hydrogen-bond donors (Lipinski definition) is 0. The van der Waals surface area contributed by atoms with Crippen molar-refractivity contribution in [3.8, 4) is 6.07 Å². The third-order valence-corrected chi connectivity index (χ3v) is 4.42. The standard InChI is InChI=1S/C17H20N4O/c18-13-15-7-4-8-19-16(15)20-9-11-21(12-10-20)17(22)14-5-2-1-3-6-14/h1-2,4,7-8,14H,3,5-6,9-12H2. The summed E-state index contributed by atoms with van der Waals surface area (Å²) >= 11 is 0. The Morgan fingerprint density at radius 2 is 2.09 bits per heavy atom. The van der Waals surface area contributed by atoms with Crippen molar-refractivity contribution in [1.82, 2.24) is 9.88 Å². The molecular weight excluding hydrogens is 276 g/mol. The number of piperazine rings is 1. The molecule has 0 saturated carbocycles. The number of nitrogens with zero attached hydrogens (tertiary/aromatic N) is 4. The predicted molar refractivity (Wildman–Crippen MR) is 84.2 cm³/mol. The number of anilines is 1. The van der Waals surface area contributed by atoms with Gasteiger partial charge in [0.25, 0.3) is 0 Å². The highest BCUT2D eigenvalue weighted by Crippen LogP contribution is 2.23. The molecule has 1 atom stereocenters. The van der Waals surface area contributed by atoms with Gasteiger partial charge in [0, 0.05) is 38.3 Å². The summed E-state index contributed by atoms with van der Waals surface area (Å²) in [7, 11) is 0. The molecule has 0 radical (unpaired) electrons. The average molecular weight is 296 g/mol. The molecule has 0 aromatic carbocycles. The van der Waals surface area contributed by atoms with Gasteiger partial charge in [-0.2, -0.15) is 5.26 Å². The second kappa shape index (κ2) is 6.61. The van der Waals surface area contributed by atoms with Gasteiger partial charge in [-0.25, -0.2) is 4.98 Å². The molecule has 1 aliphatic heterocycles. The van der Waals surface area contributed by atoms with Crippen LogP contribution in [0.4, 0.5) is 5.82 Å². The van der Waals surface area contributed by atoms with E-state index in [2.05, 4.69) is 28.1 Å². The van der Waals surface area contributed by atoms with E-state index in [4.69, 9.17) is 0 Å². The lowest BCUT2D eigenvalue weighted by molar-refractivity contribution is -0.136. The van der Waals surface area contributed by atoms with Gasteiger partial charge in [0.1, 0.15) is 11.9 Å². The Hall–Kier alpha value is -2.35. The van der Waals surface area contributed by atoms with E-state index >= 15 is 0 Å². The van der Waals surface area contributed by atoms with Gasteiger partial charge in [-0.15, -0.1) is 0 Å². The Labute approximate surface area is 130 Å². The van der Waals surface area contributed by atoms with E-state index in [9.17, 15) is 10.1 Å². The summed E-state index contributed by atoms with van der Waals surface area (Å²) in [4.78, 5) is 20.9. The van der Waals surface area contributed by atoms with Crippen LogP contribution in [-0.4, -0.2) is 42.0 Å². The fraction of sp³-hybridized carbons (Fsp3) is 0.471. The zero-order valence-corrected chi connectivity index (χ0v) is 12.6. The SMILES string of the molecule is N#Cc1cccnc1N1CCN(C(=O)C2CC=CCC2)CC1. The Balaban J connectivity index is 1.62. The number of aromatic nitrogens is 1. The van der Waals surface area contributed by atoms with Crippen LogP contribution in [0.15, 0.2) is 30.5 Å². The van der Waals surface area contributed by atoms with Crippen LogP contribution in [0.25, 0.3) is 0 Å². The maximum absolute atomic E-state index is 12.5. The third kappa shape index (κ3) is 2.96. The Morgan fingerprint density at radius 3 is 2.77 bits per heavy atom. The Morgan fingerprint density at radius 1 is 1.27 bits per heavy atom. The minimum Gasteiger partial charge on any atom is -0.352 e. The minimum absolute atomic E-state index is 0.154. The lowest BCUT2D eigenvalue weighted by Crippen LogP contribution is -2.50. The number of carbonyl (C=O) groups excluding carboxylic acids is 1. The first-order valence-corrected chi connectivity index (χ1v) is 7.83. The van der Waals surface area contributed by atoms with E-state index in [-0.39, 0.29) is 11.8 Å². The van der Waals surface area contributed by atoms with E-state index < -0.39 is 0 Å². The molecule has 114 valence electrons. The van der Waals surface area contributed by atoms with E-state index in [0.29, 0.717) is 18.7 Å². The number of rotatable bonds is 2. The van der Waals surface area contributed by atoms with Crippen molar-refractivity contribution in [1.29, 1.82) is 5.26 Å². The molecule has 5 heteroatoms. The van der Waals surface area contributed by atoms with Gasteiger partial charge in [-0.1, -0.05) is 12.2 Å². The maximum atomic E-state index is 12.5. The normalized spacial score (nSPS) is 21.5. The van der Waals surface area contributed by atoms with E-state index in [1.807, 2.05) is 4.90 Å². The summed E-state index contributed by atoms with van der Waals surface area (Å²) in [5.74, 6) is 1.17. The summed E-state index contributed by atoms with van der Waals surface area (Å²) < 4.78 is 0. The second-order valence-corrected chi connectivity index (χ2v) is 5.78. The molecule has 0 N–H and O–H groups in total. The molecule has 1 saturated heterocycles. The van der Waals surface area contributed by atoms with Crippen LogP contribution in [0.1, 0.15) is 24.8 Å². The first-order valence-electron chi connectivity index (χ1n) is 7.83. The van der Waals surface area contributed by atoms with Crippen LogP contribution >= 0.6 is 0 Å². The lowest BCUT2D eigenvalue weighted by atomic mass is 9.93. The van der Waals surface area contributed by atoms with Crippen molar-refractivity contribution >= 4 is 11.7 Å². The zero-order chi connectivity index (χ0) is 15.4. The summed E-state index contributed by atoms with van der Waals surface area (Å²) in [6.45, 7) is 2.89. The molecule has 0 spiro atoms. The topological polar surface area (TPSA) is 60.2 Å². The highest BCUT2D eigenvalue weighted by atomic mass is 16.2. The third-order valence-electron chi connectivity index (χ3n) is 4.42. The molecule has 1 aliphatic carbocycles. The Kier molecular flexibility index (Phi) is 4.38. The summed E-state index contributed by atoms with van der Waals surface area (Å²) in [6.07, 6.45) is 8.84. The van der Waals surface area contributed by atoms with E-state index in [0.717, 1.165) is 38.2 Å². The second-order valence-electron chi connectivity index (χ2n) is 5.78. The van der Waals surface area contributed by atoms with E-state index in [1.54, 1.807) is 18.3 Å². The van der Waals surface area contributed by atoms with Crippen molar-refractivity contribution in [3.63, 3.8) is 0 Å². The number of allylic oxidation sites excluding steroid dienone is 2. The summed E-state index contributed by atoms with van der Waals surface area (Å²) in [5.41, 5.74) is 0.597. The molecule has 1 aromatic heterocycles. The molecular formula is C17H20N4O. The summed E-state index contributed by atoms with van der Waals surface area (Å²) in [6, 6.07) is 5.75. The molecule has 1 fully saturated rings. The van der Waals surface area contributed by atoms with Crippen molar-refractivity contribution in [2.45, 2.75) is 19.3 Å². The van der Waals surface area contributed by atoms with Gasteiger partial charge in [0.2, 0.25) is 5.91 Å². The molecule has 0 bridgehead atoms. The fourth-order valence-electron chi connectivity index (χ4n) is 3.15. The van der Waals surface area contributed by atoms with Crippen LogP contribution in [-0.2, 0) is 4.79 Å². The fourth-order valence-corrected chi connectivity index (χ4v) is 3.15. The number of pyridine rings is 1. The smallest absolute Gasteiger partial charge is 0.226 e. The number of hydrogen-bond acceptors (Lipinski definition) is 4. The molecule has 1 unspecified atom stereocenters. The average Bonchev–Trinajstić information content (AvgIpc) is 2.62. The molecule has 2 aliphatic rings. The van der Waals surface area contributed by atoms with Crippen LogP contribution in [0, 0.1) is 17.2 Å². The summed E-state index contributed by atoms with van der Waals surface area (Å²) in [5, 5.41) is 9.17. The molecule has 1 amide bonds. The van der Waals surface area contributed by atoms with Gasteiger partial charge in [0.15, 0.2) is 0 Å². The van der Waals surface area contributed by atoms with Crippen molar-refractivity contribution in [3.05, 3.63) is 36.0 Å².